The monoisotopic (exact) mass is 231 g/mol. The van der Waals surface area contributed by atoms with Gasteiger partial charge in [0, 0.05) is 6.54 Å². The molecule has 1 heteroatoms. The first kappa shape index (κ1) is 12.6. The molecule has 1 heterocycles. The molecule has 1 unspecified atom stereocenters. The normalized spacial score (nSPS) is 18.1. The number of hydrogen-bond acceptors (Lipinski definition) is 1. The topological polar surface area (TPSA) is 3.24 Å². The molecular formula is C16H25N. The number of nitrogens with zero attached hydrogens (tertiary/aromatic N) is 1. The molecule has 94 valence electrons. The average molecular weight is 231 g/mol. The molecule has 0 N–H and O–H groups in total. The molecule has 0 amide bonds. The van der Waals surface area contributed by atoms with Crippen LogP contribution in [0.4, 0.5) is 0 Å². The minimum Gasteiger partial charge on any atom is -0.303 e. The van der Waals surface area contributed by atoms with Gasteiger partial charge in [0.25, 0.3) is 0 Å². The summed E-state index contributed by atoms with van der Waals surface area (Å²) < 4.78 is 0. The van der Waals surface area contributed by atoms with E-state index in [0.29, 0.717) is 5.92 Å². The van der Waals surface area contributed by atoms with Crippen LogP contribution >= 0.6 is 0 Å². The van der Waals surface area contributed by atoms with Crippen molar-refractivity contribution in [3.8, 4) is 0 Å². The van der Waals surface area contributed by atoms with Crippen molar-refractivity contribution in [2.75, 3.05) is 19.6 Å². The first-order valence-electron chi connectivity index (χ1n) is 6.96. The summed E-state index contributed by atoms with van der Waals surface area (Å²) in [6, 6.07) is 9.19. The van der Waals surface area contributed by atoms with Gasteiger partial charge in [0.05, 0.1) is 0 Å². The van der Waals surface area contributed by atoms with Gasteiger partial charge in [-0.1, -0.05) is 45.0 Å². The Morgan fingerprint density at radius 1 is 1.06 bits per heavy atom. The highest BCUT2D eigenvalue weighted by Gasteiger charge is 2.16. The van der Waals surface area contributed by atoms with Crippen LogP contribution < -0.4 is 0 Å². The first-order valence-corrected chi connectivity index (χ1v) is 6.96. The van der Waals surface area contributed by atoms with Gasteiger partial charge >= 0.3 is 0 Å². The molecule has 0 spiro atoms. The molecule has 17 heavy (non-hydrogen) atoms. The summed E-state index contributed by atoms with van der Waals surface area (Å²) in [7, 11) is 0. The van der Waals surface area contributed by atoms with Crippen molar-refractivity contribution in [3.63, 3.8) is 0 Å². The summed E-state index contributed by atoms with van der Waals surface area (Å²) in [6.07, 6.45) is 2.62. The van der Waals surface area contributed by atoms with Crippen molar-refractivity contribution in [1.82, 2.24) is 4.90 Å². The number of benzene rings is 1. The number of hydrogen-bond donors (Lipinski definition) is 0. The molecule has 1 aliphatic rings. The first-order chi connectivity index (χ1) is 8.15. The van der Waals surface area contributed by atoms with Crippen LogP contribution in [-0.2, 0) is 6.42 Å². The fourth-order valence-electron chi connectivity index (χ4n) is 2.51. The second-order valence-electron chi connectivity index (χ2n) is 5.86. The van der Waals surface area contributed by atoms with Gasteiger partial charge in [-0.3, -0.25) is 0 Å². The maximum atomic E-state index is 2.56. The van der Waals surface area contributed by atoms with Crippen LogP contribution in [-0.4, -0.2) is 24.5 Å². The van der Waals surface area contributed by atoms with Crippen LogP contribution in [0.25, 0.3) is 0 Å². The SMILES string of the molecule is CC(Cc1ccc(C(C)C)cc1)CN1CCC1. The molecule has 1 aliphatic heterocycles. The summed E-state index contributed by atoms with van der Waals surface area (Å²) in [6.45, 7) is 10.8. The summed E-state index contributed by atoms with van der Waals surface area (Å²) in [5.41, 5.74) is 2.94. The third kappa shape index (κ3) is 3.57. The van der Waals surface area contributed by atoms with Crippen LogP contribution in [0.3, 0.4) is 0 Å². The van der Waals surface area contributed by atoms with Crippen molar-refractivity contribution in [2.45, 2.75) is 39.5 Å². The van der Waals surface area contributed by atoms with E-state index in [2.05, 4.69) is 49.9 Å². The molecule has 0 saturated carbocycles. The Kier molecular flexibility index (Phi) is 4.22. The molecule has 1 atom stereocenters. The Morgan fingerprint density at radius 3 is 2.18 bits per heavy atom. The molecule has 0 radical (unpaired) electrons. The van der Waals surface area contributed by atoms with Gasteiger partial charge in [-0.15, -0.1) is 0 Å². The van der Waals surface area contributed by atoms with Gasteiger partial charge in [0.1, 0.15) is 0 Å². The van der Waals surface area contributed by atoms with E-state index >= 15 is 0 Å². The number of likely N-dealkylation sites (tertiary alicyclic amines) is 1. The van der Waals surface area contributed by atoms with Gasteiger partial charge in [0.15, 0.2) is 0 Å². The summed E-state index contributed by atoms with van der Waals surface area (Å²) >= 11 is 0. The van der Waals surface area contributed by atoms with Crippen molar-refractivity contribution in [1.29, 1.82) is 0 Å². The largest absolute Gasteiger partial charge is 0.303 e. The summed E-state index contributed by atoms with van der Waals surface area (Å²) in [4.78, 5) is 2.56. The van der Waals surface area contributed by atoms with Gasteiger partial charge in [-0.05, 0) is 48.9 Å². The highest BCUT2D eigenvalue weighted by Crippen LogP contribution is 2.18. The van der Waals surface area contributed by atoms with E-state index < -0.39 is 0 Å². The maximum Gasteiger partial charge on any atom is 0.00102 e. The standard InChI is InChI=1S/C16H25N/c1-13(2)16-7-5-15(6-8-16)11-14(3)12-17-9-4-10-17/h5-8,13-14H,4,9-12H2,1-3H3. The van der Waals surface area contributed by atoms with E-state index in [9.17, 15) is 0 Å². The van der Waals surface area contributed by atoms with Crippen LogP contribution in [0.1, 0.15) is 44.2 Å². The smallest absolute Gasteiger partial charge is 0.00102 e. The Hall–Kier alpha value is -0.820. The molecule has 1 aromatic carbocycles. The van der Waals surface area contributed by atoms with Crippen LogP contribution in [0, 0.1) is 5.92 Å². The predicted octanol–water partition coefficient (Wildman–Crippen LogP) is 3.69. The molecule has 0 bridgehead atoms. The molecule has 1 nitrogen and oxygen atoms in total. The fraction of sp³-hybridized carbons (Fsp3) is 0.625. The molecule has 0 aromatic heterocycles. The maximum absolute atomic E-state index is 2.56. The van der Waals surface area contributed by atoms with Crippen LogP contribution in [0.2, 0.25) is 0 Å². The molecule has 0 aliphatic carbocycles. The molecule has 1 saturated heterocycles. The van der Waals surface area contributed by atoms with Crippen molar-refractivity contribution in [3.05, 3.63) is 35.4 Å². The lowest BCUT2D eigenvalue weighted by molar-refractivity contribution is 0.156. The Balaban J connectivity index is 1.84. The summed E-state index contributed by atoms with van der Waals surface area (Å²) in [5.74, 6) is 1.42. The lowest BCUT2D eigenvalue weighted by atomic mass is 9.96. The van der Waals surface area contributed by atoms with Gasteiger partial charge in [-0.25, -0.2) is 0 Å². The van der Waals surface area contributed by atoms with E-state index in [-0.39, 0.29) is 0 Å². The number of rotatable bonds is 5. The highest BCUT2D eigenvalue weighted by atomic mass is 15.2. The molecule has 1 aromatic rings. The minimum atomic E-state index is 0.641. The lowest BCUT2D eigenvalue weighted by Crippen LogP contribution is -2.40. The Morgan fingerprint density at radius 2 is 1.71 bits per heavy atom. The average Bonchev–Trinajstić information content (AvgIpc) is 2.24. The van der Waals surface area contributed by atoms with Crippen LogP contribution in [0.15, 0.2) is 24.3 Å². The van der Waals surface area contributed by atoms with Crippen molar-refractivity contribution in [2.24, 2.45) is 5.92 Å². The van der Waals surface area contributed by atoms with E-state index in [1.807, 2.05) is 0 Å². The second kappa shape index (κ2) is 5.68. The van der Waals surface area contributed by atoms with E-state index in [4.69, 9.17) is 0 Å². The Bertz CT molecular complexity index is 335. The highest BCUT2D eigenvalue weighted by molar-refractivity contribution is 5.24. The lowest BCUT2D eigenvalue weighted by Gasteiger charge is -2.33. The molecule has 2 rings (SSSR count). The zero-order valence-electron chi connectivity index (χ0n) is 11.4. The van der Waals surface area contributed by atoms with Crippen molar-refractivity contribution >= 4 is 0 Å². The van der Waals surface area contributed by atoms with E-state index in [1.54, 1.807) is 0 Å². The third-order valence-corrected chi connectivity index (χ3v) is 3.75. The Labute approximate surface area is 106 Å². The molecular weight excluding hydrogens is 206 g/mol. The minimum absolute atomic E-state index is 0.641. The fourth-order valence-corrected chi connectivity index (χ4v) is 2.51. The van der Waals surface area contributed by atoms with Gasteiger partial charge in [0.2, 0.25) is 0 Å². The predicted molar refractivity (Wildman–Crippen MR) is 74.5 cm³/mol. The van der Waals surface area contributed by atoms with Crippen molar-refractivity contribution < 1.29 is 0 Å². The van der Waals surface area contributed by atoms with Crippen LogP contribution in [0.5, 0.6) is 0 Å². The van der Waals surface area contributed by atoms with Gasteiger partial charge in [-0.2, -0.15) is 0 Å². The summed E-state index contributed by atoms with van der Waals surface area (Å²) in [5, 5.41) is 0. The zero-order valence-corrected chi connectivity index (χ0v) is 11.4. The third-order valence-electron chi connectivity index (χ3n) is 3.75. The quantitative estimate of drug-likeness (QED) is 0.747. The zero-order chi connectivity index (χ0) is 12.3. The van der Waals surface area contributed by atoms with E-state index in [1.165, 1.54) is 43.6 Å². The molecule has 1 fully saturated rings. The van der Waals surface area contributed by atoms with E-state index in [0.717, 1.165) is 5.92 Å². The second-order valence-corrected chi connectivity index (χ2v) is 5.86. The van der Waals surface area contributed by atoms with Gasteiger partial charge < -0.3 is 4.90 Å².